The van der Waals surface area contributed by atoms with E-state index in [0.717, 1.165) is 19.7 Å². The van der Waals surface area contributed by atoms with Gasteiger partial charge in [-0.3, -0.25) is 4.79 Å². The van der Waals surface area contributed by atoms with Gasteiger partial charge >= 0.3 is 0 Å². The number of rotatable bonds is 4. The van der Waals surface area contributed by atoms with Gasteiger partial charge in [0.05, 0.1) is 29.3 Å². The van der Waals surface area contributed by atoms with Gasteiger partial charge in [-0.15, -0.1) is 11.3 Å². The van der Waals surface area contributed by atoms with E-state index in [-0.39, 0.29) is 12.2 Å². The summed E-state index contributed by atoms with van der Waals surface area (Å²) >= 11 is 4.93. The first kappa shape index (κ1) is 14.2. The molecular formula is C16H12BrNO2S. The average molecular weight is 362 g/mol. The van der Waals surface area contributed by atoms with Gasteiger partial charge in [0, 0.05) is 4.47 Å². The van der Waals surface area contributed by atoms with Crippen molar-refractivity contribution in [3.8, 4) is 5.75 Å². The van der Waals surface area contributed by atoms with Crippen LogP contribution < -0.4 is 4.74 Å². The van der Waals surface area contributed by atoms with Gasteiger partial charge in [-0.25, -0.2) is 4.98 Å². The van der Waals surface area contributed by atoms with E-state index in [9.17, 15) is 4.79 Å². The minimum absolute atomic E-state index is 0.0124. The number of para-hydroxylation sites is 1. The zero-order chi connectivity index (χ0) is 14.8. The molecule has 0 N–H and O–H groups in total. The lowest BCUT2D eigenvalue weighted by atomic mass is 10.1. The predicted octanol–water partition coefficient (Wildman–Crippen LogP) is 4.49. The molecule has 3 rings (SSSR count). The van der Waals surface area contributed by atoms with Gasteiger partial charge in [-0.2, -0.15) is 0 Å². The Morgan fingerprint density at radius 3 is 2.86 bits per heavy atom. The lowest BCUT2D eigenvalue weighted by molar-refractivity contribution is 0.0990. The van der Waals surface area contributed by atoms with Crippen LogP contribution in [0.3, 0.4) is 0 Å². The highest BCUT2D eigenvalue weighted by Crippen LogP contribution is 2.27. The Morgan fingerprint density at radius 1 is 1.29 bits per heavy atom. The molecule has 3 aromatic rings. The summed E-state index contributed by atoms with van der Waals surface area (Å²) in [5, 5.41) is 0.825. The number of aromatic nitrogens is 1. The predicted molar refractivity (Wildman–Crippen MR) is 88.3 cm³/mol. The molecule has 1 aromatic heterocycles. The number of methoxy groups -OCH3 is 1. The Bertz CT molecular complexity index is 780. The number of hydrogen-bond donors (Lipinski definition) is 0. The third-order valence-corrected chi connectivity index (χ3v) is 4.64. The summed E-state index contributed by atoms with van der Waals surface area (Å²) in [6.07, 6.45) is 0.289. The molecule has 0 unspecified atom stereocenters. The first-order valence-electron chi connectivity index (χ1n) is 6.38. The Morgan fingerprint density at radius 2 is 2.10 bits per heavy atom. The molecule has 5 heteroatoms. The van der Waals surface area contributed by atoms with Gasteiger partial charge in [0.25, 0.3) is 0 Å². The smallest absolute Gasteiger partial charge is 0.173 e. The normalized spacial score (nSPS) is 10.8. The van der Waals surface area contributed by atoms with E-state index in [2.05, 4.69) is 20.9 Å². The van der Waals surface area contributed by atoms with Crippen molar-refractivity contribution in [2.45, 2.75) is 6.42 Å². The minimum Gasteiger partial charge on any atom is -0.496 e. The molecular weight excluding hydrogens is 350 g/mol. The first-order valence-corrected chi connectivity index (χ1v) is 7.99. The van der Waals surface area contributed by atoms with Crippen molar-refractivity contribution in [3.63, 3.8) is 0 Å². The molecule has 3 nitrogen and oxygen atoms in total. The molecule has 0 aliphatic heterocycles. The second kappa shape index (κ2) is 5.95. The van der Waals surface area contributed by atoms with Gasteiger partial charge in [-0.1, -0.05) is 28.1 Å². The molecule has 0 saturated heterocycles. The molecule has 0 amide bonds. The molecule has 0 aliphatic carbocycles. The fraction of sp³-hybridized carbons (Fsp3) is 0.125. The third-order valence-electron chi connectivity index (χ3n) is 3.11. The zero-order valence-corrected chi connectivity index (χ0v) is 13.7. The van der Waals surface area contributed by atoms with Crippen LogP contribution in [0.2, 0.25) is 0 Å². The van der Waals surface area contributed by atoms with Crippen LogP contribution in [0.1, 0.15) is 15.4 Å². The lowest BCUT2D eigenvalue weighted by Crippen LogP contribution is -2.05. The number of ketones is 1. The largest absolute Gasteiger partial charge is 0.496 e. The first-order chi connectivity index (χ1) is 10.2. The summed E-state index contributed by atoms with van der Waals surface area (Å²) in [6, 6.07) is 13.3. The topological polar surface area (TPSA) is 39.2 Å². The fourth-order valence-corrected chi connectivity index (χ4v) is 3.43. The van der Waals surface area contributed by atoms with Crippen LogP contribution in [0, 0.1) is 0 Å². The monoisotopic (exact) mass is 361 g/mol. The summed E-state index contributed by atoms with van der Waals surface area (Å²) in [5.41, 5.74) is 1.52. The van der Waals surface area contributed by atoms with Crippen LogP contribution in [0.25, 0.3) is 10.2 Å². The van der Waals surface area contributed by atoms with E-state index in [1.807, 2.05) is 30.3 Å². The van der Waals surface area contributed by atoms with Crippen LogP contribution in [-0.2, 0) is 6.42 Å². The number of carbonyl (C=O) groups excluding carboxylic acids is 1. The molecule has 0 fully saturated rings. The molecule has 21 heavy (non-hydrogen) atoms. The van der Waals surface area contributed by atoms with E-state index in [1.54, 1.807) is 30.6 Å². The number of Topliss-reactive ketones (excluding diaryl/α,β-unsaturated/α-hetero) is 1. The number of benzene rings is 2. The molecule has 0 bridgehead atoms. The number of hydrogen-bond acceptors (Lipinski definition) is 4. The summed E-state index contributed by atoms with van der Waals surface area (Å²) in [4.78, 5) is 17.0. The summed E-state index contributed by atoms with van der Waals surface area (Å²) in [7, 11) is 1.57. The molecule has 0 saturated carbocycles. The molecule has 0 aliphatic rings. The highest BCUT2D eigenvalue weighted by atomic mass is 79.9. The number of halogens is 1. The zero-order valence-electron chi connectivity index (χ0n) is 11.3. The lowest BCUT2D eigenvalue weighted by Gasteiger charge is -2.07. The molecule has 0 spiro atoms. The van der Waals surface area contributed by atoms with E-state index >= 15 is 0 Å². The van der Waals surface area contributed by atoms with Crippen LogP contribution in [0.15, 0.2) is 46.9 Å². The van der Waals surface area contributed by atoms with Gasteiger partial charge in [0.2, 0.25) is 0 Å². The minimum atomic E-state index is 0.0124. The van der Waals surface area contributed by atoms with Crippen LogP contribution in [-0.4, -0.2) is 17.9 Å². The Kier molecular flexibility index (Phi) is 4.03. The van der Waals surface area contributed by atoms with Crippen molar-refractivity contribution in [1.29, 1.82) is 0 Å². The van der Waals surface area contributed by atoms with E-state index in [0.29, 0.717) is 11.3 Å². The van der Waals surface area contributed by atoms with Crippen molar-refractivity contribution in [2.75, 3.05) is 7.11 Å². The van der Waals surface area contributed by atoms with Crippen LogP contribution in [0.5, 0.6) is 5.75 Å². The van der Waals surface area contributed by atoms with Crippen molar-refractivity contribution in [2.24, 2.45) is 0 Å². The highest BCUT2D eigenvalue weighted by Gasteiger charge is 2.15. The van der Waals surface area contributed by atoms with Crippen molar-refractivity contribution in [3.05, 3.63) is 57.5 Å². The quantitative estimate of drug-likeness (QED) is 0.642. The van der Waals surface area contributed by atoms with Crippen molar-refractivity contribution in [1.82, 2.24) is 4.98 Å². The van der Waals surface area contributed by atoms with Gasteiger partial charge in [0.15, 0.2) is 5.78 Å². The second-order valence-corrected chi connectivity index (χ2v) is 6.55. The summed E-state index contributed by atoms with van der Waals surface area (Å²) < 4.78 is 7.26. The van der Waals surface area contributed by atoms with Crippen LogP contribution in [0.4, 0.5) is 0 Å². The second-order valence-electron chi connectivity index (χ2n) is 4.52. The Hall–Kier alpha value is -1.72. The number of ether oxygens (including phenoxy) is 1. The van der Waals surface area contributed by atoms with E-state index in [4.69, 9.17) is 4.74 Å². The maximum absolute atomic E-state index is 12.5. The molecule has 0 atom stereocenters. The highest BCUT2D eigenvalue weighted by molar-refractivity contribution is 9.10. The molecule has 0 radical (unpaired) electrons. The van der Waals surface area contributed by atoms with Gasteiger partial charge in [0.1, 0.15) is 10.8 Å². The number of nitrogens with zero attached hydrogens (tertiary/aromatic N) is 1. The van der Waals surface area contributed by atoms with Gasteiger partial charge < -0.3 is 4.74 Å². The number of thiazole rings is 1. The van der Waals surface area contributed by atoms with E-state index < -0.39 is 0 Å². The number of fused-ring (bicyclic) bond motifs is 1. The molecule has 1 heterocycles. The van der Waals surface area contributed by atoms with Crippen molar-refractivity contribution >= 4 is 43.3 Å². The summed E-state index contributed by atoms with van der Waals surface area (Å²) in [5.74, 6) is 0.592. The molecule has 106 valence electrons. The van der Waals surface area contributed by atoms with E-state index in [1.165, 1.54) is 0 Å². The average Bonchev–Trinajstić information content (AvgIpc) is 2.88. The number of carbonyl (C=O) groups is 1. The Balaban J connectivity index is 1.89. The Labute approximate surface area is 134 Å². The van der Waals surface area contributed by atoms with Crippen LogP contribution >= 0.6 is 27.3 Å². The standard InChI is InChI=1S/C16H12BrNO2S/c1-20-14-8-10(17)6-7-11(14)13(19)9-16-18-12-4-2-3-5-15(12)21-16/h2-8H,9H2,1H3. The summed E-state index contributed by atoms with van der Waals surface area (Å²) in [6.45, 7) is 0. The third kappa shape index (κ3) is 2.99. The SMILES string of the molecule is COc1cc(Br)ccc1C(=O)Cc1nc2ccccc2s1. The van der Waals surface area contributed by atoms with Crippen molar-refractivity contribution < 1.29 is 9.53 Å². The maximum atomic E-state index is 12.5. The maximum Gasteiger partial charge on any atom is 0.173 e. The fourth-order valence-electron chi connectivity index (χ4n) is 2.12. The molecule has 2 aromatic carbocycles. The van der Waals surface area contributed by atoms with Gasteiger partial charge in [-0.05, 0) is 30.3 Å².